The van der Waals surface area contributed by atoms with Gasteiger partial charge in [0.15, 0.2) is 0 Å². The van der Waals surface area contributed by atoms with Crippen LogP contribution in [-0.2, 0) is 9.53 Å². The minimum absolute atomic E-state index is 0.0170. The van der Waals surface area contributed by atoms with Gasteiger partial charge in [0.2, 0.25) is 5.91 Å². The lowest BCUT2D eigenvalue weighted by Gasteiger charge is -2.35. The topological polar surface area (TPSA) is 49.9 Å². The number of halogens is 1. The van der Waals surface area contributed by atoms with Crippen molar-refractivity contribution in [2.24, 2.45) is 5.92 Å². The lowest BCUT2D eigenvalue weighted by Crippen LogP contribution is -2.47. The maximum Gasteiger partial charge on any atom is 0.255 e. The molecule has 2 amide bonds. The largest absolute Gasteiger partial charge is 0.378 e. The number of rotatable bonds is 2. The van der Waals surface area contributed by atoms with Crippen molar-refractivity contribution in [3.63, 3.8) is 0 Å². The van der Waals surface area contributed by atoms with Crippen LogP contribution in [0.2, 0.25) is 5.02 Å². The van der Waals surface area contributed by atoms with Gasteiger partial charge in [-0.3, -0.25) is 9.59 Å². The van der Waals surface area contributed by atoms with Crippen LogP contribution in [0.1, 0.15) is 23.2 Å². The van der Waals surface area contributed by atoms with E-state index in [4.69, 9.17) is 16.3 Å². The van der Waals surface area contributed by atoms with Crippen molar-refractivity contribution in [2.45, 2.75) is 12.8 Å². The van der Waals surface area contributed by atoms with Crippen LogP contribution < -0.4 is 0 Å². The Morgan fingerprint density at radius 3 is 2.30 bits per heavy atom. The first-order valence-corrected chi connectivity index (χ1v) is 8.45. The highest BCUT2D eigenvalue weighted by molar-refractivity contribution is 6.33. The first-order valence-electron chi connectivity index (χ1n) is 8.07. The third-order valence-corrected chi connectivity index (χ3v) is 4.89. The Morgan fingerprint density at radius 1 is 1.00 bits per heavy atom. The highest BCUT2D eigenvalue weighted by atomic mass is 35.5. The molecule has 5 nitrogen and oxygen atoms in total. The van der Waals surface area contributed by atoms with Crippen LogP contribution in [0.3, 0.4) is 0 Å². The zero-order valence-corrected chi connectivity index (χ0v) is 13.8. The van der Waals surface area contributed by atoms with Gasteiger partial charge in [0.25, 0.3) is 5.91 Å². The van der Waals surface area contributed by atoms with Crippen molar-refractivity contribution < 1.29 is 14.3 Å². The third kappa shape index (κ3) is 3.67. The summed E-state index contributed by atoms with van der Waals surface area (Å²) < 4.78 is 5.29. The Balaban J connectivity index is 1.57. The molecule has 2 saturated heterocycles. The van der Waals surface area contributed by atoms with E-state index in [9.17, 15) is 9.59 Å². The molecule has 0 aliphatic carbocycles. The summed E-state index contributed by atoms with van der Waals surface area (Å²) in [5.74, 6) is 0.175. The van der Waals surface area contributed by atoms with Crippen molar-refractivity contribution in [1.82, 2.24) is 9.80 Å². The van der Waals surface area contributed by atoms with Crippen LogP contribution in [0.5, 0.6) is 0 Å². The van der Waals surface area contributed by atoms with E-state index in [1.54, 1.807) is 17.0 Å². The fourth-order valence-corrected chi connectivity index (χ4v) is 3.39. The molecule has 1 aromatic rings. The molecule has 6 heteroatoms. The van der Waals surface area contributed by atoms with Gasteiger partial charge in [-0.2, -0.15) is 0 Å². The maximum atomic E-state index is 12.5. The molecular weight excluding hydrogens is 316 g/mol. The number of hydrogen-bond acceptors (Lipinski definition) is 3. The van der Waals surface area contributed by atoms with E-state index in [2.05, 4.69) is 0 Å². The van der Waals surface area contributed by atoms with Gasteiger partial charge in [0.05, 0.1) is 23.8 Å². The van der Waals surface area contributed by atoms with Gasteiger partial charge in [0, 0.05) is 32.1 Å². The van der Waals surface area contributed by atoms with Crippen molar-refractivity contribution in [2.75, 3.05) is 39.4 Å². The molecule has 0 radical (unpaired) electrons. The number of hydrogen-bond donors (Lipinski definition) is 0. The number of benzene rings is 1. The number of likely N-dealkylation sites (tertiary alicyclic amines) is 1. The number of ether oxygens (including phenoxy) is 1. The summed E-state index contributed by atoms with van der Waals surface area (Å²) in [4.78, 5) is 28.7. The second kappa shape index (κ2) is 7.32. The van der Waals surface area contributed by atoms with E-state index in [0.29, 0.717) is 62.8 Å². The molecule has 0 aromatic heterocycles. The van der Waals surface area contributed by atoms with Crippen molar-refractivity contribution in [3.8, 4) is 0 Å². The van der Waals surface area contributed by atoms with Gasteiger partial charge in [-0.25, -0.2) is 0 Å². The van der Waals surface area contributed by atoms with Gasteiger partial charge in [0.1, 0.15) is 0 Å². The quantitative estimate of drug-likeness (QED) is 0.830. The first kappa shape index (κ1) is 16.3. The molecule has 3 rings (SSSR count). The monoisotopic (exact) mass is 336 g/mol. The Labute approximate surface area is 141 Å². The summed E-state index contributed by atoms with van der Waals surface area (Å²) in [5.41, 5.74) is 0.534. The normalized spacial score (nSPS) is 19.7. The number of carbonyl (C=O) groups excluding carboxylic acids is 2. The molecule has 2 aliphatic rings. The summed E-state index contributed by atoms with van der Waals surface area (Å²) in [5, 5.41) is 0.476. The SMILES string of the molecule is O=C(c1ccccc1Cl)N1CCC(C(=O)N2CCOCC2)CC1. The van der Waals surface area contributed by atoms with Gasteiger partial charge in [-0.05, 0) is 25.0 Å². The van der Waals surface area contributed by atoms with Crippen LogP contribution >= 0.6 is 11.6 Å². The molecule has 0 unspecified atom stereocenters. The lowest BCUT2D eigenvalue weighted by molar-refractivity contribution is -0.141. The van der Waals surface area contributed by atoms with Gasteiger partial charge < -0.3 is 14.5 Å². The maximum absolute atomic E-state index is 12.5. The van der Waals surface area contributed by atoms with Crippen molar-refractivity contribution in [3.05, 3.63) is 34.9 Å². The molecule has 124 valence electrons. The van der Waals surface area contributed by atoms with Gasteiger partial charge >= 0.3 is 0 Å². The molecule has 0 atom stereocenters. The first-order chi connectivity index (χ1) is 11.2. The average molecular weight is 337 g/mol. The molecule has 2 aliphatic heterocycles. The Hall–Kier alpha value is -1.59. The number of carbonyl (C=O) groups is 2. The molecular formula is C17H21ClN2O3. The highest BCUT2D eigenvalue weighted by Gasteiger charge is 2.31. The van der Waals surface area contributed by atoms with Gasteiger partial charge in [-0.1, -0.05) is 23.7 Å². The second-order valence-corrected chi connectivity index (χ2v) is 6.39. The number of amides is 2. The van der Waals surface area contributed by atoms with E-state index >= 15 is 0 Å². The molecule has 2 fully saturated rings. The minimum atomic E-state index is -0.0483. The summed E-state index contributed by atoms with van der Waals surface area (Å²) in [7, 11) is 0. The molecule has 0 spiro atoms. The highest BCUT2D eigenvalue weighted by Crippen LogP contribution is 2.24. The Kier molecular flexibility index (Phi) is 5.18. The fourth-order valence-electron chi connectivity index (χ4n) is 3.18. The van der Waals surface area contributed by atoms with E-state index in [1.165, 1.54) is 0 Å². The predicted molar refractivity (Wildman–Crippen MR) is 87.5 cm³/mol. The zero-order chi connectivity index (χ0) is 16.2. The average Bonchev–Trinajstić information content (AvgIpc) is 2.62. The van der Waals surface area contributed by atoms with E-state index in [1.807, 2.05) is 17.0 Å². The summed E-state index contributed by atoms with van der Waals surface area (Å²) in [6, 6.07) is 7.10. The molecule has 23 heavy (non-hydrogen) atoms. The molecule has 2 heterocycles. The molecule has 0 bridgehead atoms. The Bertz CT molecular complexity index is 579. The second-order valence-electron chi connectivity index (χ2n) is 5.98. The zero-order valence-electron chi connectivity index (χ0n) is 13.0. The third-order valence-electron chi connectivity index (χ3n) is 4.56. The standard InChI is InChI=1S/C17H21ClN2O3/c18-15-4-2-1-3-14(15)17(22)19-7-5-13(6-8-19)16(21)20-9-11-23-12-10-20/h1-4,13H,5-12H2. The number of piperidine rings is 1. The molecule has 0 saturated carbocycles. The van der Waals surface area contributed by atoms with Crippen LogP contribution in [0, 0.1) is 5.92 Å². The fraction of sp³-hybridized carbons (Fsp3) is 0.529. The van der Waals surface area contributed by atoms with Crippen molar-refractivity contribution >= 4 is 23.4 Å². The summed E-state index contributed by atoms with van der Waals surface area (Å²) in [6.45, 7) is 3.80. The molecule has 1 aromatic carbocycles. The van der Waals surface area contributed by atoms with Crippen LogP contribution in [0.4, 0.5) is 0 Å². The van der Waals surface area contributed by atoms with Crippen LogP contribution in [-0.4, -0.2) is 61.0 Å². The van der Waals surface area contributed by atoms with Crippen LogP contribution in [0.15, 0.2) is 24.3 Å². The number of nitrogens with zero attached hydrogens (tertiary/aromatic N) is 2. The molecule has 0 N–H and O–H groups in total. The van der Waals surface area contributed by atoms with E-state index < -0.39 is 0 Å². The summed E-state index contributed by atoms with van der Waals surface area (Å²) in [6.07, 6.45) is 1.43. The number of morpholine rings is 1. The summed E-state index contributed by atoms with van der Waals surface area (Å²) >= 11 is 6.10. The lowest BCUT2D eigenvalue weighted by atomic mass is 9.94. The Morgan fingerprint density at radius 2 is 1.65 bits per heavy atom. The smallest absolute Gasteiger partial charge is 0.255 e. The van der Waals surface area contributed by atoms with Gasteiger partial charge in [-0.15, -0.1) is 0 Å². The van der Waals surface area contributed by atoms with E-state index in [0.717, 1.165) is 0 Å². The minimum Gasteiger partial charge on any atom is -0.378 e. The van der Waals surface area contributed by atoms with E-state index in [-0.39, 0.29) is 17.7 Å². The van der Waals surface area contributed by atoms with Crippen molar-refractivity contribution in [1.29, 1.82) is 0 Å². The van der Waals surface area contributed by atoms with Crippen LogP contribution in [0.25, 0.3) is 0 Å². The predicted octanol–water partition coefficient (Wildman–Crippen LogP) is 2.05.